The second kappa shape index (κ2) is 6.95. The molecule has 2 N–H and O–H groups in total. The number of nitrogens with zero attached hydrogens (tertiary/aromatic N) is 1. The van der Waals surface area contributed by atoms with Crippen molar-refractivity contribution in [3.8, 4) is 0 Å². The molecule has 0 radical (unpaired) electrons. The van der Waals surface area contributed by atoms with Gasteiger partial charge in [-0.2, -0.15) is 0 Å². The average molecular weight is 259 g/mol. The van der Waals surface area contributed by atoms with Crippen LogP contribution in [0, 0.1) is 0 Å². The lowest BCUT2D eigenvalue weighted by Gasteiger charge is -2.29. The maximum atomic E-state index is 11.3. The van der Waals surface area contributed by atoms with Gasteiger partial charge in [-0.1, -0.05) is 12.1 Å². The summed E-state index contributed by atoms with van der Waals surface area (Å²) in [6, 6.07) is 8.33. The van der Waals surface area contributed by atoms with Crippen molar-refractivity contribution in [3.63, 3.8) is 0 Å². The van der Waals surface area contributed by atoms with E-state index in [9.17, 15) is 4.79 Å². The smallest absolute Gasteiger partial charge is 0.243 e. The number of hydrogen-bond acceptors (Lipinski definition) is 3. The Balaban J connectivity index is 1.96. The van der Waals surface area contributed by atoms with Crippen LogP contribution in [0.15, 0.2) is 30.3 Å². The van der Waals surface area contributed by atoms with Crippen molar-refractivity contribution in [2.24, 2.45) is 0 Å². The van der Waals surface area contributed by atoms with Gasteiger partial charge in [0.25, 0.3) is 0 Å². The van der Waals surface area contributed by atoms with E-state index in [0.717, 1.165) is 31.7 Å². The zero-order valence-corrected chi connectivity index (χ0v) is 11.4. The van der Waals surface area contributed by atoms with Crippen molar-refractivity contribution < 1.29 is 4.79 Å². The number of amides is 1. The molecule has 1 aliphatic rings. The molecular formula is C15H21N3O. The first kappa shape index (κ1) is 13.6. The van der Waals surface area contributed by atoms with Gasteiger partial charge in [0, 0.05) is 44.5 Å². The van der Waals surface area contributed by atoms with E-state index in [-0.39, 0.29) is 5.91 Å². The number of hydrogen-bond donors (Lipinski definition) is 2. The van der Waals surface area contributed by atoms with Crippen LogP contribution in [0.25, 0.3) is 6.08 Å². The van der Waals surface area contributed by atoms with E-state index in [0.29, 0.717) is 6.54 Å². The summed E-state index contributed by atoms with van der Waals surface area (Å²) in [4.78, 5) is 13.7. The molecule has 1 aliphatic heterocycles. The van der Waals surface area contributed by atoms with E-state index in [1.54, 1.807) is 6.08 Å². The fraction of sp³-hybridized carbons (Fsp3) is 0.400. The number of benzene rings is 1. The minimum Gasteiger partial charge on any atom is -0.369 e. The van der Waals surface area contributed by atoms with Crippen molar-refractivity contribution in [1.29, 1.82) is 0 Å². The van der Waals surface area contributed by atoms with Crippen molar-refractivity contribution in [3.05, 3.63) is 35.9 Å². The highest BCUT2D eigenvalue weighted by Crippen LogP contribution is 2.16. The van der Waals surface area contributed by atoms with Gasteiger partial charge in [-0.15, -0.1) is 0 Å². The van der Waals surface area contributed by atoms with Gasteiger partial charge in [-0.3, -0.25) is 4.79 Å². The summed E-state index contributed by atoms with van der Waals surface area (Å²) in [5.41, 5.74) is 2.29. The summed E-state index contributed by atoms with van der Waals surface area (Å²) in [5.74, 6) is -0.0475. The highest BCUT2D eigenvalue weighted by Gasteiger charge is 2.09. The van der Waals surface area contributed by atoms with E-state index < -0.39 is 0 Å². The zero-order valence-electron chi connectivity index (χ0n) is 11.4. The first-order valence-corrected chi connectivity index (χ1v) is 6.81. The molecule has 1 heterocycles. The van der Waals surface area contributed by atoms with Crippen LogP contribution in [-0.4, -0.2) is 38.6 Å². The Kier molecular flexibility index (Phi) is 4.98. The van der Waals surface area contributed by atoms with Crippen molar-refractivity contribution >= 4 is 17.7 Å². The van der Waals surface area contributed by atoms with Crippen LogP contribution in [0.4, 0.5) is 5.69 Å². The van der Waals surface area contributed by atoms with Gasteiger partial charge in [-0.05, 0) is 30.7 Å². The maximum absolute atomic E-state index is 11.3. The van der Waals surface area contributed by atoms with Crippen molar-refractivity contribution in [1.82, 2.24) is 10.6 Å². The molecule has 19 heavy (non-hydrogen) atoms. The zero-order chi connectivity index (χ0) is 13.5. The van der Waals surface area contributed by atoms with Crippen LogP contribution < -0.4 is 15.5 Å². The summed E-state index contributed by atoms with van der Waals surface area (Å²) in [5, 5.41) is 6.08. The summed E-state index contributed by atoms with van der Waals surface area (Å²) in [6.45, 7) is 6.75. The third-order valence-electron chi connectivity index (χ3n) is 3.15. The number of carbonyl (C=O) groups is 1. The van der Waals surface area contributed by atoms with Crippen LogP contribution in [0.3, 0.4) is 0 Å². The van der Waals surface area contributed by atoms with Crippen LogP contribution in [-0.2, 0) is 4.79 Å². The first-order valence-electron chi connectivity index (χ1n) is 6.81. The molecule has 1 amide bonds. The fourth-order valence-corrected chi connectivity index (χ4v) is 2.12. The standard InChI is InChI=1S/C15H21N3O/c1-2-17-15(19)8-5-13-3-6-14(7-4-13)18-11-9-16-10-12-18/h3-8,16H,2,9-12H2,1H3,(H,17,19)/b8-5+. The molecular weight excluding hydrogens is 238 g/mol. The van der Waals surface area contributed by atoms with Gasteiger partial charge in [0.1, 0.15) is 0 Å². The number of likely N-dealkylation sites (N-methyl/N-ethyl adjacent to an activating group) is 1. The lowest BCUT2D eigenvalue weighted by molar-refractivity contribution is -0.116. The molecule has 0 aliphatic carbocycles. The van der Waals surface area contributed by atoms with Crippen molar-refractivity contribution in [2.75, 3.05) is 37.6 Å². The minimum atomic E-state index is -0.0475. The SMILES string of the molecule is CCNC(=O)/C=C/c1ccc(N2CCNCC2)cc1. The maximum Gasteiger partial charge on any atom is 0.243 e. The minimum absolute atomic E-state index is 0.0475. The Labute approximate surface area is 114 Å². The van der Waals surface area contributed by atoms with Gasteiger partial charge < -0.3 is 15.5 Å². The largest absolute Gasteiger partial charge is 0.369 e. The van der Waals surface area contributed by atoms with Gasteiger partial charge in [0.05, 0.1) is 0 Å². The number of carbonyl (C=O) groups excluding carboxylic acids is 1. The van der Waals surface area contributed by atoms with Gasteiger partial charge in [0.15, 0.2) is 0 Å². The second-order valence-corrected chi connectivity index (χ2v) is 4.56. The lowest BCUT2D eigenvalue weighted by Crippen LogP contribution is -2.43. The highest BCUT2D eigenvalue weighted by molar-refractivity contribution is 5.91. The third-order valence-corrected chi connectivity index (χ3v) is 3.15. The van der Waals surface area contributed by atoms with E-state index >= 15 is 0 Å². The Bertz CT molecular complexity index is 433. The van der Waals surface area contributed by atoms with E-state index in [2.05, 4.69) is 27.7 Å². The Morgan fingerprint density at radius 2 is 2.00 bits per heavy atom. The highest BCUT2D eigenvalue weighted by atomic mass is 16.1. The van der Waals surface area contributed by atoms with E-state index in [1.165, 1.54) is 5.69 Å². The number of anilines is 1. The van der Waals surface area contributed by atoms with E-state index in [4.69, 9.17) is 0 Å². The molecule has 0 bridgehead atoms. The molecule has 1 fully saturated rings. The summed E-state index contributed by atoms with van der Waals surface area (Å²) >= 11 is 0. The number of rotatable bonds is 4. The summed E-state index contributed by atoms with van der Waals surface area (Å²) < 4.78 is 0. The molecule has 0 atom stereocenters. The molecule has 0 saturated carbocycles. The third kappa shape index (κ3) is 4.10. The predicted molar refractivity (Wildman–Crippen MR) is 79.2 cm³/mol. The molecule has 102 valence electrons. The van der Waals surface area contributed by atoms with Crippen molar-refractivity contribution in [2.45, 2.75) is 6.92 Å². The average Bonchev–Trinajstić information content (AvgIpc) is 2.47. The molecule has 0 unspecified atom stereocenters. The van der Waals surface area contributed by atoms with Gasteiger partial charge >= 0.3 is 0 Å². The lowest BCUT2D eigenvalue weighted by atomic mass is 10.1. The van der Waals surface area contributed by atoms with Crippen LogP contribution >= 0.6 is 0 Å². The molecule has 4 nitrogen and oxygen atoms in total. The van der Waals surface area contributed by atoms with E-state index in [1.807, 2.05) is 25.1 Å². The van der Waals surface area contributed by atoms with Gasteiger partial charge in [-0.25, -0.2) is 0 Å². The first-order chi connectivity index (χ1) is 9.29. The predicted octanol–water partition coefficient (Wildman–Crippen LogP) is 1.25. The molecule has 1 saturated heterocycles. The second-order valence-electron chi connectivity index (χ2n) is 4.56. The Morgan fingerprint density at radius 1 is 1.32 bits per heavy atom. The molecule has 1 aromatic carbocycles. The quantitative estimate of drug-likeness (QED) is 0.800. The normalized spacial score (nSPS) is 15.7. The molecule has 1 aromatic rings. The van der Waals surface area contributed by atoms with Crippen LogP contribution in [0.5, 0.6) is 0 Å². The van der Waals surface area contributed by atoms with Crippen LogP contribution in [0.1, 0.15) is 12.5 Å². The molecule has 0 spiro atoms. The number of nitrogens with one attached hydrogen (secondary N) is 2. The molecule has 2 rings (SSSR count). The van der Waals surface area contributed by atoms with Gasteiger partial charge in [0.2, 0.25) is 5.91 Å². The van der Waals surface area contributed by atoms with Crippen LogP contribution in [0.2, 0.25) is 0 Å². The molecule has 4 heteroatoms. The fourth-order valence-electron chi connectivity index (χ4n) is 2.12. The monoisotopic (exact) mass is 259 g/mol. The Hall–Kier alpha value is -1.81. The summed E-state index contributed by atoms with van der Waals surface area (Å²) in [7, 11) is 0. The number of piperazine rings is 1. The Morgan fingerprint density at radius 3 is 2.63 bits per heavy atom. The summed E-state index contributed by atoms with van der Waals surface area (Å²) in [6.07, 6.45) is 3.41. The topological polar surface area (TPSA) is 44.4 Å². The molecule has 0 aromatic heterocycles.